The van der Waals surface area contributed by atoms with Gasteiger partial charge in [0.2, 0.25) is 0 Å². The fourth-order valence-corrected chi connectivity index (χ4v) is 2.76. The summed E-state index contributed by atoms with van der Waals surface area (Å²) >= 11 is 0. The summed E-state index contributed by atoms with van der Waals surface area (Å²) in [6.07, 6.45) is 4.00. The zero-order chi connectivity index (χ0) is 13.3. The third-order valence-electron chi connectivity index (χ3n) is 4.34. The second-order valence-corrected chi connectivity index (χ2v) is 5.88. The van der Waals surface area contributed by atoms with Gasteiger partial charge in [-0.25, -0.2) is 9.59 Å². The zero-order valence-corrected chi connectivity index (χ0v) is 11.1. The lowest BCUT2D eigenvalue weighted by Crippen LogP contribution is -2.56. The van der Waals surface area contributed by atoms with Crippen molar-refractivity contribution < 1.29 is 14.7 Å². The van der Waals surface area contributed by atoms with Crippen molar-refractivity contribution in [3.63, 3.8) is 0 Å². The predicted molar refractivity (Wildman–Crippen MR) is 67.3 cm³/mol. The molecular weight excluding hydrogens is 232 g/mol. The van der Waals surface area contributed by atoms with Gasteiger partial charge >= 0.3 is 12.0 Å². The first-order valence-corrected chi connectivity index (χ1v) is 6.71. The summed E-state index contributed by atoms with van der Waals surface area (Å²) in [7, 11) is 1.74. The smallest absolute Gasteiger partial charge is 0.329 e. The molecule has 5 heteroatoms. The Morgan fingerprint density at radius 3 is 2.39 bits per heavy atom. The molecule has 0 saturated heterocycles. The fourth-order valence-electron chi connectivity index (χ4n) is 2.76. The number of nitrogens with one attached hydrogen (secondary N) is 1. The minimum atomic E-state index is -1.03. The maximum Gasteiger partial charge on any atom is 0.329 e. The Morgan fingerprint density at radius 2 is 1.94 bits per heavy atom. The number of carbonyl (C=O) groups excluding carboxylic acids is 1. The van der Waals surface area contributed by atoms with Crippen LogP contribution in [0.3, 0.4) is 0 Å². The SMILES string of the molecule is CC1CC1CN(C)C(=O)NC1(C(=O)O)CCCC1. The summed E-state index contributed by atoms with van der Waals surface area (Å²) in [6.45, 7) is 2.90. The summed E-state index contributed by atoms with van der Waals surface area (Å²) in [5.41, 5.74) is -1.03. The van der Waals surface area contributed by atoms with Gasteiger partial charge < -0.3 is 15.3 Å². The Bertz CT molecular complexity index is 350. The van der Waals surface area contributed by atoms with E-state index < -0.39 is 11.5 Å². The van der Waals surface area contributed by atoms with Crippen LogP contribution in [0.15, 0.2) is 0 Å². The second-order valence-electron chi connectivity index (χ2n) is 5.88. The first kappa shape index (κ1) is 13.2. The molecule has 0 aromatic heterocycles. The molecule has 2 N–H and O–H groups in total. The van der Waals surface area contributed by atoms with Crippen molar-refractivity contribution in [1.82, 2.24) is 10.2 Å². The van der Waals surface area contributed by atoms with Gasteiger partial charge in [0.1, 0.15) is 5.54 Å². The topological polar surface area (TPSA) is 69.6 Å². The molecule has 2 fully saturated rings. The van der Waals surface area contributed by atoms with Gasteiger partial charge in [-0.3, -0.25) is 0 Å². The maximum absolute atomic E-state index is 12.0. The van der Waals surface area contributed by atoms with E-state index in [4.69, 9.17) is 0 Å². The molecule has 2 saturated carbocycles. The lowest BCUT2D eigenvalue weighted by atomic mass is 9.98. The zero-order valence-electron chi connectivity index (χ0n) is 11.1. The number of nitrogens with zero attached hydrogens (tertiary/aromatic N) is 1. The number of rotatable bonds is 4. The van der Waals surface area contributed by atoms with Crippen LogP contribution < -0.4 is 5.32 Å². The summed E-state index contributed by atoms with van der Waals surface area (Å²) in [5, 5.41) is 12.0. The molecule has 102 valence electrons. The monoisotopic (exact) mass is 254 g/mol. The first-order chi connectivity index (χ1) is 8.44. The standard InChI is InChI=1S/C13H22N2O3/c1-9-7-10(9)8-15(2)12(18)14-13(11(16)17)5-3-4-6-13/h9-10H,3-8H2,1-2H3,(H,14,18)(H,16,17). The summed E-state index contributed by atoms with van der Waals surface area (Å²) in [5.74, 6) is 0.381. The van der Waals surface area contributed by atoms with Crippen LogP contribution in [0.1, 0.15) is 39.0 Å². The quantitative estimate of drug-likeness (QED) is 0.802. The van der Waals surface area contributed by atoms with E-state index in [1.54, 1.807) is 11.9 Å². The lowest BCUT2D eigenvalue weighted by molar-refractivity contribution is -0.144. The molecule has 0 aromatic carbocycles. The Hall–Kier alpha value is -1.26. The number of carboxylic acids is 1. The van der Waals surface area contributed by atoms with E-state index >= 15 is 0 Å². The Balaban J connectivity index is 1.90. The average Bonchev–Trinajstić information content (AvgIpc) is 2.80. The van der Waals surface area contributed by atoms with Crippen molar-refractivity contribution in [3.05, 3.63) is 0 Å². The third kappa shape index (κ3) is 2.60. The second kappa shape index (κ2) is 4.78. The highest BCUT2D eigenvalue weighted by Crippen LogP contribution is 2.38. The number of carboxylic acid groups (broad SMARTS) is 1. The molecule has 2 aliphatic rings. The number of aliphatic carboxylic acids is 1. The molecule has 2 rings (SSSR count). The van der Waals surface area contributed by atoms with E-state index in [1.807, 2.05) is 0 Å². The number of urea groups is 1. The first-order valence-electron chi connectivity index (χ1n) is 6.71. The highest BCUT2D eigenvalue weighted by atomic mass is 16.4. The summed E-state index contributed by atoms with van der Waals surface area (Å²) in [6, 6.07) is -0.251. The molecule has 0 radical (unpaired) electrons. The summed E-state index contributed by atoms with van der Waals surface area (Å²) < 4.78 is 0. The van der Waals surface area contributed by atoms with Gasteiger partial charge in [0, 0.05) is 13.6 Å². The van der Waals surface area contributed by atoms with Crippen LogP contribution in [0.5, 0.6) is 0 Å². The van der Waals surface area contributed by atoms with E-state index in [9.17, 15) is 14.7 Å². The van der Waals surface area contributed by atoms with Crippen molar-refractivity contribution in [3.8, 4) is 0 Å². The van der Waals surface area contributed by atoms with Crippen molar-refractivity contribution in [2.24, 2.45) is 11.8 Å². The van der Waals surface area contributed by atoms with E-state index in [-0.39, 0.29) is 6.03 Å². The number of hydrogen-bond donors (Lipinski definition) is 2. The van der Waals surface area contributed by atoms with Gasteiger partial charge in [-0.1, -0.05) is 19.8 Å². The van der Waals surface area contributed by atoms with Crippen molar-refractivity contribution in [2.45, 2.75) is 44.6 Å². The molecule has 5 nitrogen and oxygen atoms in total. The van der Waals surface area contributed by atoms with Gasteiger partial charge in [0.25, 0.3) is 0 Å². The third-order valence-corrected chi connectivity index (χ3v) is 4.34. The Kier molecular flexibility index (Phi) is 3.50. The van der Waals surface area contributed by atoms with Crippen LogP contribution in [0, 0.1) is 11.8 Å². The number of carbonyl (C=O) groups is 2. The molecule has 0 spiro atoms. The van der Waals surface area contributed by atoms with Crippen LogP contribution in [-0.2, 0) is 4.79 Å². The number of amides is 2. The maximum atomic E-state index is 12.0. The van der Waals surface area contributed by atoms with Crippen LogP contribution >= 0.6 is 0 Å². The van der Waals surface area contributed by atoms with Crippen LogP contribution in [0.25, 0.3) is 0 Å². The molecule has 2 unspecified atom stereocenters. The number of hydrogen-bond acceptors (Lipinski definition) is 2. The Labute approximate surface area is 108 Å². The van der Waals surface area contributed by atoms with Gasteiger partial charge in [0.05, 0.1) is 0 Å². The van der Waals surface area contributed by atoms with Gasteiger partial charge in [-0.05, 0) is 31.1 Å². The molecule has 0 heterocycles. The normalized spacial score (nSPS) is 28.8. The van der Waals surface area contributed by atoms with Crippen molar-refractivity contribution >= 4 is 12.0 Å². The van der Waals surface area contributed by atoms with E-state index in [1.165, 1.54) is 6.42 Å². The van der Waals surface area contributed by atoms with Crippen LogP contribution in [0.2, 0.25) is 0 Å². The molecule has 2 amide bonds. The van der Waals surface area contributed by atoms with Gasteiger partial charge in [0.15, 0.2) is 0 Å². The largest absolute Gasteiger partial charge is 0.480 e. The minimum Gasteiger partial charge on any atom is -0.480 e. The van der Waals surface area contributed by atoms with E-state index in [0.717, 1.165) is 19.4 Å². The molecule has 0 bridgehead atoms. The molecular formula is C13H22N2O3. The fraction of sp³-hybridized carbons (Fsp3) is 0.846. The van der Waals surface area contributed by atoms with E-state index in [2.05, 4.69) is 12.2 Å². The van der Waals surface area contributed by atoms with Crippen molar-refractivity contribution in [1.29, 1.82) is 0 Å². The molecule has 2 aliphatic carbocycles. The summed E-state index contributed by atoms with van der Waals surface area (Å²) in [4.78, 5) is 25.0. The highest BCUT2D eigenvalue weighted by molar-refractivity contribution is 5.86. The predicted octanol–water partition coefficient (Wildman–Crippen LogP) is 1.68. The van der Waals surface area contributed by atoms with Gasteiger partial charge in [-0.2, -0.15) is 0 Å². The van der Waals surface area contributed by atoms with Crippen LogP contribution in [0.4, 0.5) is 4.79 Å². The molecule has 2 atom stereocenters. The van der Waals surface area contributed by atoms with Gasteiger partial charge in [-0.15, -0.1) is 0 Å². The van der Waals surface area contributed by atoms with Crippen LogP contribution in [-0.4, -0.2) is 41.1 Å². The lowest BCUT2D eigenvalue weighted by Gasteiger charge is -2.28. The average molecular weight is 254 g/mol. The molecule has 18 heavy (non-hydrogen) atoms. The molecule has 0 aromatic rings. The van der Waals surface area contributed by atoms with Crippen molar-refractivity contribution in [2.75, 3.05) is 13.6 Å². The highest BCUT2D eigenvalue weighted by Gasteiger charge is 2.43. The Morgan fingerprint density at radius 1 is 1.39 bits per heavy atom. The van der Waals surface area contributed by atoms with E-state index in [0.29, 0.717) is 24.7 Å². The molecule has 0 aliphatic heterocycles. The minimum absolute atomic E-state index is 0.251.